The largest absolute Gasteiger partial charge is 0.300 e. The molecular formula is C12H14Cl2O. The van der Waals surface area contributed by atoms with Gasteiger partial charge in [0.25, 0.3) is 0 Å². The first kappa shape index (κ1) is 12.5. The van der Waals surface area contributed by atoms with Crippen LogP contribution in [0.5, 0.6) is 0 Å². The molecule has 0 aromatic heterocycles. The van der Waals surface area contributed by atoms with Gasteiger partial charge in [0.1, 0.15) is 5.78 Å². The van der Waals surface area contributed by atoms with Gasteiger partial charge in [0.05, 0.1) is 0 Å². The highest BCUT2D eigenvalue weighted by Gasteiger charge is 2.11. The average molecular weight is 245 g/mol. The van der Waals surface area contributed by atoms with E-state index in [4.69, 9.17) is 23.2 Å². The summed E-state index contributed by atoms with van der Waals surface area (Å²) >= 11 is 12.0. The molecule has 15 heavy (non-hydrogen) atoms. The highest BCUT2D eigenvalue weighted by atomic mass is 35.5. The molecule has 0 aliphatic carbocycles. The highest BCUT2D eigenvalue weighted by Crippen LogP contribution is 2.30. The standard InChI is InChI=1S/C12H14Cl2O/c1-8(3-4-9(2)15)11-7-10(13)5-6-12(11)14/h5-8H,3-4H2,1-2H3. The Morgan fingerprint density at radius 1 is 1.40 bits per heavy atom. The number of ketones is 1. The zero-order valence-electron chi connectivity index (χ0n) is 8.89. The van der Waals surface area contributed by atoms with Crippen LogP contribution in [-0.2, 0) is 4.79 Å². The molecule has 0 spiro atoms. The van der Waals surface area contributed by atoms with Crippen molar-refractivity contribution < 1.29 is 4.79 Å². The molecule has 0 bridgehead atoms. The maximum Gasteiger partial charge on any atom is 0.129 e. The van der Waals surface area contributed by atoms with Crippen molar-refractivity contribution in [2.45, 2.75) is 32.6 Å². The van der Waals surface area contributed by atoms with E-state index >= 15 is 0 Å². The summed E-state index contributed by atoms with van der Waals surface area (Å²) in [5.41, 5.74) is 1.02. The number of benzene rings is 1. The number of hydrogen-bond donors (Lipinski definition) is 0. The van der Waals surface area contributed by atoms with Crippen LogP contribution in [0.1, 0.15) is 38.2 Å². The number of halogens is 2. The lowest BCUT2D eigenvalue weighted by Gasteiger charge is -2.12. The molecule has 1 aromatic rings. The van der Waals surface area contributed by atoms with E-state index < -0.39 is 0 Å². The fourth-order valence-electron chi connectivity index (χ4n) is 1.47. The zero-order valence-corrected chi connectivity index (χ0v) is 10.4. The molecule has 3 heteroatoms. The Kier molecular flexibility index (Phi) is 4.62. The molecule has 0 fully saturated rings. The Bertz CT molecular complexity index is 361. The molecule has 1 aromatic carbocycles. The van der Waals surface area contributed by atoms with Gasteiger partial charge in [-0.15, -0.1) is 0 Å². The molecular weight excluding hydrogens is 231 g/mol. The lowest BCUT2D eigenvalue weighted by molar-refractivity contribution is -0.117. The van der Waals surface area contributed by atoms with Crippen LogP contribution < -0.4 is 0 Å². The summed E-state index contributed by atoms with van der Waals surface area (Å²) < 4.78 is 0. The Labute approximate surface area is 100 Å². The topological polar surface area (TPSA) is 17.1 Å². The number of hydrogen-bond acceptors (Lipinski definition) is 1. The van der Waals surface area contributed by atoms with Gasteiger partial charge in [-0.3, -0.25) is 0 Å². The van der Waals surface area contributed by atoms with Crippen LogP contribution in [0.3, 0.4) is 0 Å². The summed E-state index contributed by atoms with van der Waals surface area (Å²) in [7, 11) is 0. The van der Waals surface area contributed by atoms with Gasteiger partial charge >= 0.3 is 0 Å². The average Bonchev–Trinajstić information content (AvgIpc) is 2.18. The first-order chi connectivity index (χ1) is 7.00. The number of carbonyl (C=O) groups excluding carboxylic acids is 1. The van der Waals surface area contributed by atoms with Crippen molar-refractivity contribution >= 4 is 29.0 Å². The fourth-order valence-corrected chi connectivity index (χ4v) is 1.95. The molecule has 0 saturated carbocycles. The van der Waals surface area contributed by atoms with Crippen LogP contribution >= 0.6 is 23.2 Å². The zero-order chi connectivity index (χ0) is 11.4. The van der Waals surface area contributed by atoms with Gasteiger partial charge in [0.2, 0.25) is 0 Å². The van der Waals surface area contributed by atoms with E-state index in [1.807, 2.05) is 6.07 Å². The van der Waals surface area contributed by atoms with Crippen molar-refractivity contribution in [2.75, 3.05) is 0 Å². The van der Waals surface area contributed by atoms with Crippen molar-refractivity contribution in [1.29, 1.82) is 0 Å². The summed E-state index contributed by atoms with van der Waals surface area (Å²) in [5.74, 6) is 0.472. The van der Waals surface area contributed by atoms with E-state index in [9.17, 15) is 4.79 Å². The van der Waals surface area contributed by atoms with Gasteiger partial charge in [0.15, 0.2) is 0 Å². The number of carbonyl (C=O) groups is 1. The lowest BCUT2D eigenvalue weighted by atomic mass is 9.95. The van der Waals surface area contributed by atoms with Crippen molar-refractivity contribution in [3.05, 3.63) is 33.8 Å². The van der Waals surface area contributed by atoms with E-state index in [0.717, 1.165) is 17.0 Å². The number of Topliss-reactive ketones (excluding diaryl/α,β-unsaturated/α-hetero) is 1. The van der Waals surface area contributed by atoms with Crippen LogP contribution in [0.4, 0.5) is 0 Å². The quantitative estimate of drug-likeness (QED) is 0.764. The fraction of sp³-hybridized carbons (Fsp3) is 0.417. The van der Waals surface area contributed by atoms with Crippen LogP contribution in [0, 0.1) is 0 Å². The van der Waals surface area contributed by atoms with Gasteiger partial charge < -0.3 is 4.79 Å². The minimum absolute atomic E-state index is 0.208. The lowest BCUT2D eigenvalue weighted by Crippen LogP contribution is -1.98. The first-order valence-corrected chi connectivity index (χ1v) is 5.70. The molecule has 1 unspecified atom stereocenters. The van der Waals surface area contributed by atoms with Gasteiger partial charge in [-0.05, 0) is 43.0 Å². The Balaban J connectivity index is 2.76. The Morgan fingerprint density at radius 2 is 2.07 bits per heavy atom. The summed E-state index contributed by atoms with van der Waals surface area (Å²) in [6, 6.07) is 5.43. The molecule has 0 radical (unpaired) electrons. The van der Waals surface area contributed by atoms with Crippen molar-refractivity contribution in [3.63, 3.8) is 0 Å². The second-order valence-electron chi connectivity index (χ2n) is 3.81. The third-order valence-electron chi connectivity index (χ3n) is 2.42. The molecule has 1 nitrogen and oxygen atoms in total. The van der Waals surface area contributed by atoms with E-state index in [1.165, 1.54) is 0 Å². The van der Waals surface area contributed by atoms with Gasteiger partial charge in [-0.1, -0.05) is 30.1 Å². The predicted octanol–water partition coefficient (Wildman–Crippen LogP) is 4.47. The van der Waals surface area contributed by atoms with E-state index in [-0.39, 0.29) is 11.7 Å². The molecule has 0 heterocycles. The third-order valence-corrected chi connectivity index (χ3v) is 3.00. The summed E-state index contributed by atoms with van der Waals surface area (Å²) in [5, 5.41) is 1.40. The third kappa shape index (κ3) is 3.84. The van der Waals surface area contributed by atoms with Crippen LogP contribution in [0.25, 0.3) is 0 Å². The second kappa shape index (κ2) is 5.53. The minimum Gasteiger partial charge on any atom is -0.300 e. The van der Waals surface area contributed by atoms with E-state index in [0.29, 0.717) is 11.4 Å². The van der Waals surface area contributed by atoms with E-state index in [2.05, 4.69) is 6.92 Å². The predicted molar refractivity (Wildman–Crippen MR) is 64.8 cm³/mol. The molecule has 0 aliphatic rings. The minimum atomic E-state index is 0.208. The second-order valence-corrected chi connectivity index (χ2v) is 4.65. The Hall–Kier alpha value is -0.530. The number of rotatable bonds is 4. The molecule has 0 aliphatic heterocycles. The maximum atomic E-state index is 10.9. The summed E-state index contributed by atoms with van der Waals surface area (Å²) in [6.45, 7) is 3.66. The molecule has 82 valence electrons. The van der Waals surface area contributed by atoms with Crippen LogP contribution in [-0.4, -0.2) is 5.78 Å². The Morgan fingerprint density at radius 3 is 2.67 bits per heavy atom. The van der Waals surface area contributed by atoms with Crippen molar-refractivity contribution in [3.8, 4) is 0 Å². The molecule has 0 amide bonds. The monoisotopic (exact) mass is 244 g/mol. The molecule has 0 saturated heterocycles. The SMILES string of the molecule is CC(=O)CCC(C)c1cc(Cl)ccc1Cl. The van der Waals surface area contributed by atoms with Gasteiger partial charge in [-0.2, -0.15) is 0 Å². The first-order valence-electron chi connectivity index (χ1n) is 4.95. The van der Waals surface area contributed by atoms with Gasteiger partial charge in [-0.25, -0.2) is 0 Å². The van der Waals surface area contributed by atoms with Crippen LogP contribution in [0.15, 0.2) is 18.2 Å². The molecule has 1 rings (SSSR count). The van der Waals surface area contributed by atoms with Crippen LogP contribution in [0.2, 0.25) is 10.0 Å². The van der Waals surface area contributed by atoms with Crippen molar-refractivity contribution in [1.82, 2.24) is 0 Å². The normalized spacial score (nSPS) is 12.5. The van der Waals surface area contributed by atoms with Gasteiger partial charge in [0, 0.05) is 16.5 Å². The van der Waals surface area contributed by atoms with Crippen molar-refractivity contribution in [2.24, 2.45) is 0 Å². The molecule has 1 atom stereocenters. The highest BCUT2D eigenvalue weighted by molar-refractivity contribution is 6.33. The molecule has 0 N–H and O–H groups in total. The summed E-state index contributed by atoms with van der Waals surface area (Å²) in [6.07, 6.45) is 1.40. The summed E-state index contributed by atoms with van der Waals surface area (Å²) in [4.78, 5) is 10.9. The van der Waals surface area contributed by atoms with E-state index in [1.54, 1.807) is 19.1 Å². The maximum absolute atomic E-state index is 10.9. The smallest absolute Gasteiger partial charge is 0.129 e.